The monoisotopic (exact) mass is 269 g/mol. The predicted octanol–water partition coefficient (Wildman–Crippen LogP) is 1.06. The molecule has 0 aromatic carbocycles. The first kappa shape index (κ1) is 16.2. The number of hydrogen-bond donors (Lipinski definition) is 2. The van der Waals surface area contributed by atoms with Crippen LogP contribution in [-0.4, -0.2) is 43.4 Å². The first-order valence-electron chi connectivity index (χ1n) is 5.25. The Hall–Kier alpha value is 0.220. The maximum atomic E-state index is 11.8. The van der Waals surface area contributed by atoms with Gasteiger partial charge in [-0.15, -0.1) is 0 Å². The minimum atomic E-state index is -3.28. The Morgan fingerprint density at radius 1 is 1.38 bits per heavy atom. The van der Waals surface area contributed by atoms with E-state index < -0.39 is 10.0 Å². The van der Waals surface area contributed by atoms with Crippen molar-refractivity contribution in [3.63, 3.8) is 0 Å². The van der Waals surface area contributed by atoms with E-state index >= 15 is 0 Å². The molecule has 16 heavy (non-hydrogen) atoms. The van der Waals surface area contributed by atoms with Crippen LogP contribution in [0.3, 0.4) is 0 Å². The van der Waals surface area contributed by atoms with Crippen molar-refractivity contribution < 1.29 is 13.5 Å². The molecule has 2 N–H and O–H groups in total. The van der Waals surface area contributed by atoms with E-state index in [-0.39, 0.29) is 29.1 Å². The molecule has 0 aliphatic rings. The van der Waals surface area contributed by atoms with Gasteiger partial charge in [0.05, 0.1) is 12.4 Å². The highest BCUT2D eigenvalue weighted by Gasteiger charge is 2.25. The maximum Gasteiger partial charge on any atom is 0.212 e. The molecule has 0 amide bonds. The van der Waals surface area contributed by atoms with E-state index in [4.69, 9.17) is 5.11 Å². The van der Waals surface area contributed by atoms with Crippen LogP contribution in [0.1, 0.15) is 27.7 Å². The van der Waals surface area contributed by atoms with Crippen LogP contribution >= 0.6 is 11.8 Å². The molecule has 0 saturated carbocycles. The van der Waals surface area contributed by atoms with E-state index in [2.05, 4.69) is 4.72 Å². The molecule has 0 radical (unpaired) electrons. The maximum absolute atomic E-state index is 11.8. The van der Waals surface area contributed by atoms with Crippen LogP contribution in [0.2, 0.25) is 0 Å². The van der Waals surface area contributed by atoms with Crippen molar-refractivity contribution in [1.29, 1.82) is 0 Å². The molecule has 0 aromatic heterocycles. The van der Waals surface area contributed by atoms with Gasteiger partial charge in [0, 0.05) is 11.3 Å². The average Bonchev–Trinajstić information content (AvgIpc) is 1.99. The SMILES string of the molecule is CSC(CO)C(C)NS(=O)(=O)CC(C)(C)C. The van der Waals surface area contributed by atoms with Gasteiger partial charge in [-0.1, -0.05) is 20.8 Å². The molecule has 0 saturated heterocycles. The zero-order valence-electron chi connectivity index (χ0n) is 10.6. The highest BCUT2D eigenvalue weighted by Crippen LogP contribution is 2.17. The second kappa shape index (κ2) is 6.23. The van der Waals surface area contributed by atoms with Crippen LogP contribution in [0.4, 0.5) is 0 Å². The van der Waals surface area contributed by atoms with Gasteiger partial charge in [-0.3, -0.25) is 0 Å². The minimum absolute atomic E-state index is 0.0274. The number of thioether (sulfide) groups is 1. The van der Waals surface area contributed by atoms with Crippen LogP contribution < -0.4 is 4.72 Å². The topological polar surface area (TPSA) is 66.4 Å². The Morgan fingerprint density at radius 2 is 1.88 bits per heavy atom. The summed E-state index contributed by atoms with van der Waals surface area (Å²) in [5.74, 6) is 0.0941. The molecule has 0 fully saturated rings. The quantitative estimate of drug-likeness (QED) is 0.757. The highest BCUT2D eigenvalue weighted by atomic mass is 32.2. The Balaban J connectivity index is 4.48. The molecule has 98 valence electrons. The van der Waals surface area contributed by atoms with E-state index in [1.807, 2.05) is 27.0 Å². The van der Waals surface area contributed by atoms with E-state index in [9.17, 15) is 8.42 Å². The third-order valence-corrected chi connectivity index (χ3v) is 5.17. The highest BCUT2D eigenvalue weighted by molar-refractivity contribution is 7.99. The first-order valence-corrected chi connectivity index (χ1v) is 8.19. The summed E-state index contributed by atoms with van der Waals surface area (Å²) >= 11 is 1.46. The molecule has 2 atom stereocenters. The summed E-state index contributed by atoms with van der Waals surface area (Å²) in [6.45, 7) is 7.40. The first-order chi connectivity index (χ1) is 7.11. The zero-order chi connectivity index (χ0) is 13.0. The van der Waals surface area contributed by atoms with Crippen molar-refractivity contribution in [3.05, 3.63) is 0 Å². The average molecular weight is 269 g/mol. The van der Waals surface area contributed by atoms with Gasteiger partial charge in [0.1, 0.15) is 0 Å². The van der Waals surface area contributed by atoms with Crippen molar-refractivity contribution >= 4 is 21.8 Å². The summed E-state index contributed by atoms with van der Waals surface area (Å²) in [6.07, 6.45) is 1.86. The van der Waals surface area contributed by atoms with Crippen LogP contribution in [-0.2, 0) is 10.0 Å². The van der Waals surface area contributed by atoms with Crippen LogP contribution in [0.15, 0.2) is 0 Å². The second-order valence-corrected chi connectivity index (χ2v) is 8.01. The van der Waals surface area contributed by atoms with E-state index in [1.165, 1.54) is 11.8 Å². The zero-order valence-corrected chi connectivity index (χ0v) is 12.3. The van der Waals surface area contributed by atoms with Gasteiger partial charge in [-0.05, 0) is 18.6 Å². The molecule has 4 nitrogen and oxygen atoms in total. The molecule has 0 heterocycles. The molecule has 0 aromatic rings. The lowest BCUT2D eigenvalue weighted by Crippen LogP contribution is -2.43. The smallest absolute Gasteiger partial charge is 0.212 e. The third kappa shape index (κ3) is 6.73. The normalized spacial score (nSPS) is 17.1. The molecule has 6 heteroatoms. The van der Waals surface area contributed by atoms with Crippen LogP contribution in [0, 0.1) is 5.41 Å². The lowest BCUT2D eigenvalue weighted by molar-refractivity contribution is 0.282. The molecule has 0 spiro atoms. The fourth-order valence-corrected chi connectivity index (χ4v) is 4.07. The largest absolute Gasteiger partial charge is 0.395 e. The van der Waals surface area contributed by atoms with Gasteiger partial charge in [0.25, 0.3) is 0 Å². The molecule has 0 aliphatic heterocycles. The molecule has 0 rings (SSSR count). The molecule has 0 aliphatic carbocycles. The number of aliphatic hydroxyl groups excluding tert-OH is 1. The summed E-state index contributed by atoms with van der Waals surface area (Å²) in [7, 11) is -3.28. The lowest BCUT2D eigenvalue weighted by atomic mass is 10.0. The van der Waals surface area contributed by atoms with Crippen LogP contribution in [0.25, 0.3) is 0 Å². The van der Waals surface area contributed by atoms with Gasteiger partial charge in [0.15, 0.2) is 0 Å². The van der Waals surface area contributed by atoms with Gasteiger partial charge >= 0.3 is 0 Å². The number of sulfonamides is 1. The number of nitrogens with one attached hydrogen (secondary N) is 1. The summed E-state index contributed by atoms with van der Waals surface area (Å²) in [5.41, 5.74) is -0.264. The van der Waals surface area contributed by atoms with Crippen molar-refractivity contribution in [2.75, 3.05) is 18.6 Å². The van der Waals surface area contributed by atoms with Gasteiger partial charge < -0.3 is 5.11 Å². The number of aliphatic hydroxyl groups is 1. The predicted molar refractivity (Wildman–Crippen MR) is 70.2 cm³/mol. The fraction of sp³-hybridized carbons (Fsp3) is 1.00. The lowest BCUT2D eigenvalue weighted by Gasteiger charge is -2.24. The standard InChI is InChI=1S/C10H23NO3S2/c1-8(9(6-12)15-5)11-16(13,14)7-10(2,3)4/h8-9,11-12H,6-7H2,1-5H3. The van der Waals surface area contributed by atoms with E-state index in [0.717, 1.165) is 0 Å². The van der Waals surface area contributed by atoms with Crippen molar-refractivity contribution in [3.8, 4) is 0 Å². The second-order valence-electron chi connectivity index (χ2n) is 5.18. The van der Waals surface area contributed by atoms with Crippen LogP contribution in [0.5, 0.6) is 0 Å². The molecular formula is C10H23NO3S2. The Kier molecular flexibility index (Phi) is 6.32. The van der Waals surface area contributed by atoms with Gasteiger partial charge in [0.2, 0.25) is 10.0 Å². The van der Waals surface area contributed by atoms with Gasteiger partial charge in [-0.25, -0.2) is 13.1 Å². The van der Waals surface area contributed by atoms with Crippen molar-refractivity contribution in [2.24, 2.45) is 5.41 Å². The summed E-state index contributed by atoms with van der Waals surface area (Å²) in [5, 5.41) is 8.97. The number of hydrogen-bond acceptors (Lipinski definition) is 4. The van der Waals surface area contributed by atoms with Crippen molar-refractivity contribution in [2.45, 2.75) is 39.0 Å². The molecule has 0 bridgehead atoms. The minimum Gasteiger partial charge on any atom is -0.395 e. The summed E-state index contributed by atoms with van der Waals surface area (Å²) in [6, 6.07) is -0.257. The van der Waals surface area contributed by atoms with E-state index in [1.54, 1.807) is 6.92 Å². The third-order valence-electron chi connectivity index (χ3n) is 2.03. The summed E-state index contributed by atoms with van der Waals surface area (Å²) in [4.78, 5) is 0. The molecular weight excluding hydrogens is 246 g/mol. The Bertz CT molecular complexity index is 292. The van der Waals surface area contributed by atoms with Gasteiger partial charge in [-0.2, -0.15) is 11.8 Å². The molecule has 2 unspecified atom stereocenters. The van der Waals surface area contributed by atoms with E-state index in [0.29, 0.717) is 0 Å². The fourth-order valence-electron chi connectivity index (χ4n) is 1.41. The summed E-state index contributed by atoms with van der Waals surface area (Å²) < 4.78 is 26.2. The Morgan fingerprint density at radius 3 is 2.19 bits per heavy atom. The Labute approximate surface area is 103 Å². The van der Waals surface area contributed by atoms with Crippen molar-refractivity contribution in [1.82, 2.24) is 4.72 Å². The number of rotatable bonds is 6.